The minimum absolute atomic E-state index is 0.830. The summed E-state index contributed by atoms with van der Waals surface area (Å²) in [5.74, 6) is 0. The van der Waals surface area contributed by atoms with Crippen molar-refractivity contribution >= 4 is 5.71 Å². The molecule has 0 saturated heterocycles. The second-order valence-electron chi connectivity index (χ2n) is 1.88. The smallest absolute Gasteiger partial charge is 0.0611 e. The zero-order valence-electron chi connectivity index (χ0n) is 4.67. The topological polar surface area (TPSA) is 32.6 Å². The number of allylic oxidation sites excluding steroid dienone is 2. The highest BCUT2D eigenvalue weighted by Crippen LogP contribution is 2.05. The third-order valence-corrected chi connectivity index (χ3v) is 1.26. The molecule has 1 N–H and O–H groups in total. The summed E-state index contributed by atoms with van der Waals surface area (Å²) in [7, 11) is 0. The van der Waals surface area contributed by atoms with Crippen molar-refractivity contribution in [2.45, 2.75) is 19.3 Å². The maximum atomic E-state index is 8.25. The van der Waals surface area contributed by atoms with Gasteiger partial charge in [-0.15, -0.1) is 0 Å². The summed E-state index contributed by atoms with van der Waals surface area (Å²) in [6, 6.07) is 0. The molecule has 0 aromatic heterocycles. The van der Waals surface area contributed by atoms with Crippen molar-refractivity contribution in [1.82, 2.24) is 0 Å². The lowest BCUT2D eigenvalue weighted by molar-refractivity contribution is 0.316. The maximum Gasteiger partial charge on any atom is 0.0611 e. The van der Waals surface area contributed by atoms with Crippen LogP contribution in [0.2, 0.25) is 0 Å². The van der Waals surface area contributed by atoms with Crippen LogP contribution in [0.1, 0.15) is 19.3 Å². The predicted octanol–water partition coefficient (Wildman–Crippen LogP) is 1.56. The van der Waals surface area contributed by atoms with Crippen LogP contribution in [0.25, 0.3) is 0 Å². The van der Waals surface area contributed by atoms with Crippen molar-refractivity contribution in [3.63, 3.8) is 0 Å². The van der Waals surface area contributed by atoms with Crippen LogP contribution in [0.4, 0.5) is 0 Å². The molecule has 0 radical (unpaired) electrons. The lowest BCUT2D eigenvalue weighted by Crippen LogP contribution is -1.98. The number of hydrogen-bond donors (Lipinski definition) is 1. The van der Waals surface area contributed by atoms with Crippen LogP contribution in [0, 0.1) is 0 Å². The molecule has 0 aromatic rings. The zero-order chi connectivity index (χ0) is 5.82. The van der Waals surface area contributed by atoms with Gasteiger partial charge in [-0.25, -0.2) is 0 Å². The molecule has 2 nitrogen and oxygen atoms in total. The van der Waals surface area contributed by atoms with Crippen molar-refractivity contribution in [2.24, 2.45) is 5.16 Å². The Morgan fingerprint density at radius 3 is 2.75 bits per heavy atom. The average molecular weight is 111 g/mol. The van der Waals surface area contributed by atoms with Gasteiger partial charge in [0, 0.05) is 6.42 Å². The largest absolute Gasteiger partial charge is 0.411 e. The van der Waals surface area contributed by atoms with Gasteiger partial charge in [0.05, 0.1) is 5.71 Å². The van der Waals surface area contributed by atoms with Crippen LogP contribution in [0.15, 0.2) is 17.3 Å². The van der Waals surface area contributed by atoms with Crippen molar-refractivity contribution in [3.05, 3.63) is 12.2 Å². The maximum absolute atomic E-state index is 8.25. The summed E-state index contributed by atoms with van der Waals surface area (Å²) < 4.78 is 0. The summed E-state index contributed by atoms with van der Waals surface area (Å²) in [5, 5.41) is 11.4. The van der Waals surface area contributed by atoms with Crippen LogP contribution in [-0.2, 0) is 0 Å². The van der Waals surface area contributed by atoms with E-state index in [9.17, 15) is 0 Å². The summed E-state index contributed by atoms with van der Waals surface area (Å²) in [4.78, 5) is 0. The molecule has 44 valence electrons. The number of nitrogens with zero attached hydrogens (tertiary/aromatic N) is 1. The Balaban J connectivity index is 2.50. The molecule has 2 heteroatoms. The summed E-state index contributed by atoms with van der Waals surface area (Å²) in [5.41, 5.74) is 0.896. The molecule has 1 aliphatic carbocycles. The van der Waals surface area contributed by atoms with Gasteiger partial charge in [0.1, 0.15) is 0 Å². The Morgan fingerprint density at radius 2 is 2.38 bits per heavy atom. The first kappa shape index (κ1) is 5.35. The second-order valence-corrected chi connectivity index (χ2v) is 1.88. The fourth-order valence-corrected chi connectivity index (χ4v) is 0.780. The lowest BCUT2D eigenvalue weighted by Gasteiger charge is -2.02. The second kappa shape index (κ2) is 2.50. The minimum atomic E-state index is 0.830. The van der Waals surface area contributed by atoms with Gasteiger partial charge in [-0.1, -0.05) is 17.3 Å². The molecule has 0 atom stereocenters. The molecule has 0 amide bonds. The van der Waals surface area contributed by atoms with Gasteiger partial charge in [0.2, 0.25) is 0 Å². The van der Waals surface area contributed by atoms with Gasteiger partial charge in [-0.2, -0.15) is 0 Å². The quantitative estimate of drug-likeness (QED) is 0.287. The molecule has 0 unspecified atom stereocenters. The molecule has 8 heavy (non-hydrogen) atoms. The lowest BCUT2D eigenvalue weighted by atomic mass is 10.1. The van der Waals surface area contributed by atoms with E-state index >= 15 is 0 Å². The van der Waals surface area contributed by atoms with Crippen LogP contribution >= 0.6 is 0 Å². The van der Waals surface area contributed by atoms with E-state index < -0.39 is 0 Å². The third kappa shape index (κ3) is 1.09. The highest BCUT2D eigenvalue weighted by atomic mass is 16.4. The van der Waals surface area contributed by atoms with Crippen LogP contribution in [0.5, 0.6) is 0 Å². The fraction of sp³-hybridized carbons (Fsp3) is 0.500. The van der Waals surface area contributed by atoms with E-state index in [1.54, 1.807) is 0 Å². The third-order valence-electron chi connectivity index (χ3n) is 1.26. The average Bonchev–Trinajstić information content (AvgIpc) is 1.90. The molecule has 0 fully saturated rings. The Kier molecular flexibility index (Phi) is 1.67. The molecule has 0 aliphatic heterocycles. The van der Waals surface area contributed by atoms with Crippen molar-refractivity contribution in [1.29, 1.82) is 0 Å². The molecular formula is C6H9NO. The molecule has 1 rings (SSSR count). The minimum Gasteiger partial charge on any atom is -0.411 e. The monoisotopic (exact) mass is 111 g/mol. The Hall–Kier alpha value is -0.790. The van der Waals surface area contributed by atoms with Crippen LogP contribution in [0.3, 0.4) is 0 Å². The highest BCUT2D eigenvalue weighted by Gasteiger charge is 1.99. The van der Waals surface area contributed by atoms with E-state index in [1.807, 2.05) is 6.08 Å². The SMILES string of the molecule is O/N=C1/CC=CCC1. The Morgan fingerprint density at radius 1 is 1.50 bits per heavy atom. The fourth-order valence-electron chi connectivity index (χ4n) is 0.780. The predicted molar refractivity (Wildman–Crippen MR) is 32.2 cm³/mol. The number of rotatable bonds is 0. The number of hydrogen-bond acceptors (Lipinski definition) is 2. The highest BCUT2D eigenvalue weighted by molar-refractivity contribution is 5.86. The summed E-state index contributed by atoms with van der Waals surface area (Å²) in [6.07, 6.45) is 6.91. The van der Waals surface area contributed by atoms with E-state index in [0.29, 0.717) is 0 Å². The van der Waals surface area contributed by atoms with Gasteiger partial charge in [0.15, 0.2) is 0 Å². The zero-order valence-corrected chi connectivity index (χ0v) is 4.67. The van der Waals surface area contributed by atoms with Gasteiger partial charge in [-0.05, 0) is 12.8 Å². The van der Waals surface area contributed by atoms with E-state index in [2.05, 4.69) is 11.2 Å². The van der Waals surface area contributed by atoms with E-state index in [4.69, 9.17) is 5.21 Å². The molecule has 1 aliphatic rings. The Bertz CT molecular complexity index is 126. The van der Waals surface area contributed by atoms with Crippen molar-refractivity contribution in [2.75, 3.05) is 0 Å². The van der Waals surface area contributed by atoms with E-state index in [-0.39, 0.29) is 0 Å². The standard InChI is InChI=1S/C6H9NO/c8-7-6-4-2-1-3-5-6/h1-2,8H,3-5H2/b7-6-. The van der Waals surface area contributed by atoms with Gasteiger partial charge < -0.3 is 5.21 Å². The van der Waals surface area contributed by atoms with E-state index in [1.165, 1.54) is 0 Å². The summed E-state index contributed by atoms with van der Waals surface area (Å²) in [6.45, 7) is 0. The van der Waals surface area contributed by atoms with Gasteiger partial charge in [0.25, 0.3) is 0 Å². The van der Waals surface area contributed by atoms with Crippen LogP contribution < -0.4 is 0 Å². The van der Waals surface area contributed by atoms with E-state index in [0.717, 1.165) is 25.0 Å². The molecule has 0 saturated carbocycles. The first-order valence-corrected chi connectivity index (χ1v) is 2.78. The number of oxime groups is 1. The summed E-state index contributed by atoms with van der Waals surface area (Å²) >= 11 is 0. The van der Waals surface area contributed by atoms with Crippen molar-refractivity contribution in [3.8, 4) is 0 Å². The first-order chi connectivity index (χ1) is 3.93. The molecule has 0 heterocycles. The Labute approximate surface area is 48.5 Å². The first-order valence-electron chi connectivity index (χ1n) is 2.78. The van der Waals surface area contributed by atoms with Crippen LogP contribution in [-0.4, -0.2) is 10.9 Å². The normalized spacial score (nSPS) is 24.2. The molecule has 0 aromatic carbocycles. The molecule has 0 bridgehead atoms. The van der Waals surface area contributed by atoms with Crippen molar-refractivity contribution < 1.29 is 5.21 Å². The molecule has 0 spiro atoms. The van der Waals surface area contributed by atoms with Gasteiger partial charge >= 0.3 is 0 Å². The van der Waals surface area contributed by atoms with Gasteiger partial charge in [-0.3, -0.25) is 0 Å². The molecular weight excluding hydrogens is 102 g/mol.